The van der Waals surface area contributed by atoms with Gasteiger partial charge in [0.05, 0.1) is 24.2 Å². The molecule has 12 atom stereocenters. The largest absolute Gasteiger partial charge is 0.455 e. The number of ether oxygens (including phenoxy) is 5. The molecule has 7 aliphatic rings. The minimum Gasteiger partial charge on any atom is -0.455 e. The second-order valence-corrected chi connectivity index (χ2v) is 16.6. The van der Waals surface area contributed by atoms with Gasteiger partial charge in [0.15, 0.2) is 34.3 Å². The van der Waals surface area contributed by atoms with Crippen molar-refractivity contribution in [3.05, 3.63) is 0 Å². The van der Waals surface area contributed by atoms with Gasteiger partial charge in [-0.2, -0.15) is 0 Å². The van der Waals surface area contributed by atoms with Gasteiger partial charge in [0.2, 0.25) is 4.87 Å². The molecule has 20 heteroatoms. The number of esters is 2. The first kappa shape index (κ1) is 36.1. The Labute approximate surface area is 287 Å². The minimum atomic E-state index is -1.88. The second-order valence-electron chi connectivity index (χ2n) is 13.9. The lowest BCUT2D eigenvalue weighted by molar-refractivity contribution is -0.253. The van der Waals surface area contributed by atoms with Gasteiger partial charge in [-0.1, -0.05) is 24.6 Å². The number of carbonyl (C=O) groups excluding carboxylic acids is 6. The third-order valence-corrected chi connectivity index (χ3v) is 14.4. The number of nitrogens with zero attached hydrogens (tertiary/aromatic N) is 2. The number of hydrogen-bond acceptors (Lipinski definition) is 17. The molecular formula is C29H39N3O15S2. The predicted molar refractivity (Wildman–Crippen MR) is 164 cm³/mol. The first-order valence-electron chi connectivity index (χ1n) is 15.6. The van der Waals surface area contributed by atoms with Gasteiger partial charge in [-0.15, -0.1) is 0 Å². The van der Waals surface area contributed by atoms with Gasteiger partial charge in [-0.3, -0.25) is 24.0 Å². The lowest BCUT2D eigenvalue weighted by atomic mass is 9.76. The predicted octanol–water partition coefficient (Wildman–Crippen LogP) is -2.24. The molecule has 1 saturated carbocycles. The number of aliphatic hydroxyl groups excluding tert-OH is 4. The molecular weight excluding hydrogens is 694 g/mol. The number of carbonyl (C=O) groups is 6. The molecule has 3 amide bonds. The van der Waals surface area contributed by atoms with E-state index in [0.717, 1.165) is 40.3 Å². The van der Waals surface area contributed by atoms with Gasteiger partial charge in [-0.05, 0) is 17.7 Å². The molecule has 0 aromatic heterocycles. The van der Waals surface area contributed by atoms with Crippen molar-refractivity contribution >= 4 is 57.2 Å². The number of alkyl carbamates (subject to hydrolysis) is 1. The van der Waals surface area contributed by atoms with Crippen molar-refractivity contribution in [2.75, 3.05) is 20.3 Å². The lowest BCUT2D eigenvalue weighted by Gasteiger charge is -2.58. The maximum absolute atomic E-state index is 14.7. The van der Waals surface area contributed by atoms with Crippen LogP contribution in [-0.2, 0) is 47.7 Å². The van der Waals surface area contributed by atoms with Crippen molar-refractivity contribution in [3.8, 4) is 0 Å². The molecule has 18 nitrogen and oxygen atoms in total. The summed E-state index contributed by atoms with van der Waals surface area (Å²) in [5.74, 6) is -3.36. The van der Waals surface area contributed by atoms with Gasteiger partial charge in [0.25, 0.3) is 11.8 Å². The minimum absolute atomic E-state index is 0.271. The van der Waals surface area contributed by atoms with Crippen LogP contribution in [0.5, 0.6) is 0 Å². The van der Waals surface area contributed by atoms with Crippen LogP contribution in [-0.4, -0.2) is 156 Å². The molecule has 2 spiro atoms. The molecule has 6 saturated heterocycles. The highest BCUT2D eigenvalue weighted by Crippen LogP contribution is 2.70. The first-order valence-corrected chi connectivity index (χ1v) is 17.7. The van der Waals surface area contributed by atoms with Crippen molar-refractivity contribution in [3.63, 3.8) is 0 Å². The smallest absolute Gasteiger partial charge is 0.407 e. The van der Waals surface area contributed by atoms with E-state index >= 15 is 0 Å². The average Bonchev–Trinajstić information content (AvgIpc) is 3.50. The summed E-state index contributed by atoms with van der Waals surface area (Å²) in [6.07, 6.45) is -10.6. The molecule has 0 aromatic rings. The van der Waals surface area contributed by atoms with Crippen molar-refractivity contribution in [2.45, 2.75) is 117 Å². The Balaban J connectivity index is 1.33. The maximum Gasteiger partial charge on any atom is 0.407 e. The summed E-state index contributed by atoms with van der Waals surface area (Å²) in [5.41, 5.74) is -4.77. The number of piperazine rings is 1. The van der Waals surface area contributed by atoms with E-state index in [2.05, 4.69) is 5.32 Å². The van der Waals surface area contributed by atoms with E-state index < -0.39 is 124 Å². The fourth-order valence-corrected chi connectivity index (χ4v) is 11.8. The zero-order valence-electron chi connectivity index (χ0n) is 27.4. The standard InChI is InChI=1S/C29H39N3O15S2/c1-11-25(4,5)20(39)26(46-11)7-15-27(47-13(3)35,21(26)44-12(2)34)9-28-22(40)31(6)29(49-48-28,23(41)32(15)28)10-43-24(42)30-16-18(37)17(36)14(8-33)45-19(16)38/h11,14-19,21,33,36-38H,7-10H2,1-6H3,(H,30,42)/t11-,14-,15-,16-,17-,18-,19?,21-,26+,27+,28-,29-/m1/s1. The Morgan fingerprint density at radius 1 is 1.04 bits per heavy atom. The van der Waals surface area contributed by atoms with Gasteiger partial charge >= 0.3 is 18.0 Å². The van der Waals surface area contributed by atoms with Crippen molar-refractivity contribution in [1.82, 2.24) is 15.1 Å². The van der Waals surface area contributed by atoms with E-state index in [4.69, 9.17) is 23.7 Å². The average molecular weight is 734 g/mol. The molecule has 0 radical (unpaired) electrons. The first-order chi connectivity index (χ1) is 22.8. The Morgan fingerprint density at radius 3 is 2.29 bits per heavy atom. The zero-order chi connectivity index (χ0) is 36.2. The number of nitrogens with one attached hydrogen (secondary N) is 1. The van der Waals surface area contributed by atoms with Gasteiger partial charge in [-0.25, -0.2) is 4.79 Å². The van der Waals surface area contributed by atoms with Crippen LogP contribution in [0.15, 0.2) is 0 Å². The number of rotatable bonds is 6. The fraction of sp³-hybridized carbons (Fsp3) is 0.793. The summed E-state index contributed by atoms with van der Waals surface area (Å²) in [6, 6.07) is -2.78. The van der Waals surface area contributed by atoms with Gasteiger partial charge in [0.1, 0.15) is 31.0 Å². The number of fused-ring (bicyclic) bond motifs is 3. The number of likely N-dealkylation sites (N-methyl/N-ethyl adjacent to an activating group) is 1. The summed E-state index contributed by atoms with van der Waals surface area (Å²) < 4.78 is 28.5. The van der Waals surface area contributed by atoms with Crippen LogP contribution in [0, 0.1) is 5.41 Å². The van der Waals surface area contributed by atoms with Crippen molar-refractivity contribution < 1.29 is 72.9 Å². The highest BCUT2D eigenvalue weighted by atomic mass is 33.1. The lowest BCUT2D eigenvalue weighted by Crippen LogP contribution is -2.77. The molecule has 49 heavy (non-hydrogen) atoms. The van der Waals surface area contributed by atoms with Crippen LogP contribution in [0.25, 0.3) is 0 Å². The molecule has 2 bridgehead atoms. The van der Waals surface area contributed by atoms with E-state index in [1.54, 1.807) is 20.8 Å². The quantitative estimate of drug-likeness (QED) is 0.110. The summed E-state index contributed by atoms with van der Waals surface area (Å²) in [4.78, 5) is 80.2. The van der Waals surface area contributed by atoms with Crippen molar-refractivity contribution in [1.29, 1.82) is 0 Å². The molecule has 1 unspecified atom stereocenters. The number of amides is 3. The normalized spacial score (nSPS) is 45.0. The van der Waals surface area contributed by atoms with Crippen molar-refractivity contribution in [2.24, 2.45) is 5.41 Å². The molecule has 1 aliphatic carbocycles. The molecule has 272 valence electrons. The molecule has 7 fully saturated rings. The monoisotopic (exact) mass is 733 g/mol. The SMILES string of the molecule is CC(=O)O[C@H]1[C@]2(OC(C)=O)C[C@]34SS[C@](COC(=O)N[C@H]5C(O)O[C@H](CO)[C@@H](O)[C@@H]5O)(C(=O)N3[C@@H]2C[C@@]12O[C@H](C)C(C)(C)C2=O)N(C)C4=O. The summed E-state index contributed by atoms with van der Waals surface area (Å²) in [7, 11) is 3.24. The van der Waals surface area contributed by atoms with Crippen LogP contribution in [0.3, 0.4) is 0 Å². The number of Topliss-reactive ketones (excluding diaryl/α,β-unsaturated/α-hetero) is 1. The third-order valence-electron chi connectivity index (χ3n) is 10.8. The van der Waals surface area contributed by atoms with E-state index in [9.17, 15) is 49.2 Å². The Morgan fingerprint density at radius 2 is 1.71 bits per heavy atom. The summed E-state index contributed by atoms with van der Waals surface area (Å²) >= 11 is 0. The number of aliphatic hydroxyl groups is 4. The van der Waals surface area contributed by atoms with E-state index in [1.165, 1.54) is 11.9 Å². The molecule has 5 N–H and O–H groups in total. The van der Waals surface area contributed by atoms with Crippen LogP contribution in [0.2, 0.25) is 0 Å². The topological polar surface area (TPSA) is 248 Å². The van der Waals surface area contributed by atoms with Gasteiger partial charge in [0, 0.05) is 33.7 Å². The van der Waals surface area contributed by atoms with Crippen LogP contribution in [0.1, 0.15) is 47.5 Å². The molecule has 6 aliphatic heterocycles. The van der Waals surface area contributed by atoms with E-state index in [-0.39, 0.29) is 12.8 Å². The van der Waals surface area contributed by atoms with Crippen LogP contribution >= 0.6 is 21.6 Å². The molecule has 0 aromatic carbocycles. The van der Waals surface area contributed by atoms with Gasteiger partial charge < -0.3 is 59.2 Å². The van der Waals surface area contributed by atoms with Crippen LogP contribution in [0.4, 0.5) is 4.79 Å². The Hall–Kier alpha value is -2.72. The second kappa shape index (κ2) is 11.7. The Bertz CT molecular complexity index is 1500. The number of ketones is 1. The van der Waals surface area contributed by atoms with E-state index in [1.807, 2.05) is 0 Å². The highest BCUT2D eigenvalue weighted by molar-refractivity contribution is 8.78. The highest BCUT2D eigenvalue weighted by Gasteiger charge is 2.86. The maximum atomic E-state index is 14.7. The third kappa shape index (κ3) is 4.77. The van der Waals surface area contributed by atoms with E-state index in [0.29, 0.717) is 0 Å². The molecule has 6 heterocycles. The number of hydrogen-bond donors (Lipinski definition) is 5. The fourth-order valence-electron chi connectivity index (χ4n) is 8.08. The Kier molecular flexibility index (Phi) is 8.58. The zero-order valence-corrected chi connectivity index (χ0v) is 29.1. The van der Waals surface area contributed by atoms with Crippen LogP contribution < -0.4 is 5.32 Å². The molecule has 7 rings (SSSR count). The summed E-state index contributed by atoms with van der Waals surface area (Å²) in [6.45, 7) is 5.82. The summed E-state index contributed by atoms with van der Waals surface area (Å²) in [5, 5.41) is 42.3.